The Kier molecular flexibility index (Phi) is 6.65. The van der Waals surface area contributed by atoms with Gasteiger partial charge in [0.05, 0.1) is 11.5 Å². The normalized spacial score (nSPS) is 13.0. The maximum Gasteiger partial charge on any atom is 0.261 e. The lowest BCUT2D eigenvalue weighted by Crippen LogP contribution is -2.30. The lowest BCUT2D eigenvalue weighted by molar-refractivity contribution is 0.0934. The molecule has 1 rings (SSSR count). The summed E-state index contributed by atoms with van der Waals surface area (Å²) >= 11 is 3.24. The van der Waals surface area contributed by atoms with Crippen molar-refractivity contribution in [1.82, 2.24) is 5.32 Å². The maximum atomic E-state index is 12.1. The van der Waals surface area contributed by atoms with Gasteiger partial charge in [-0.3, -0.25) is 4.79 Å². The van der Waals surface area contributed by atoms with Crippen molar-refractivity contribution in [3.63, 3.8) is 0 Å². The van der Waals surface area contributed by atoms with Crippen molar-refractivity contribution in [1.29, 1.82) is 0 Å². The molecule has 0 fully saturated rings. The standard InChI is InChI=1S/C13H17BrClNO4S/c1-8(7-20-3)6-16-13(17)10-4-11(14)9(2)12(5-10)21(15,18)19/h4-5,8H,6-7H2,1-3H3,(H,16,17). The van der Waals surface area contributed by atoms with Gasteiger partial charge in [0, 0.05) is 34.4 Å². The predicted molar refractivity (Wildman–Crippen MR) is 85.3 cm³/mol. The van der Waals surface area contributed by atoms with Gasteiger partial charge in [0.15, 0.2) is 0 Å². The highest BCUT2D eigenvalue weighted by Crippen LogP contribution is 2.28. The summed E-state index contributed by atoms with van der Waals surface area (Å²) in [6, 6.07) is 2.84. The van der Waals surface area contributed by atoms with Crippen LogP contribution in [0.25, 0.3) is 0 Å². The van der Waals surface area contributed by atoms with Gasteiger partial charge in [-0.05, 0) is 30.5 Å². The molecule has 0 saturated carbocycles. The molecule has 1 unspecified atom stereocenters. The van der Waals surface area contributed by atoms with Gasteiger partial charge in [0.25, 0.3) is 15.0 Å². The molecule has 1 N–H and O–H groups in total. The lowest BCUT2D eigenvalue weighted by Gasteiger charge is -2.13. The molecule has 5 nitrogen and oxygen atoms in total. The smallest absolute Gasteiger partial charge is 0.261 e. The van der Waals surface area contributed by atoms with Crippen molar-refractivity contribution >= 4 is 41.6 Å². The number of carbonyl (C=O) groups is 1. The first-order valence-electron chi connectivity index (χ1n) is 6.18. The second kappa shape index (κ2) is 7.58. The molecule has 1 atom stereocenters. The summed E-state index contributed by atoms with van der Waals surface area (Å²) in [5.41, 5.74) is 0.700. The van der Waals surface area contributed by atoms with Crippen LogP contribution in [0.1, 0.15) is 22.8 Å². The molecule has 0 aliphatic rings. The SMILES string of the molecule is COCC(C)CNC(=O)c1cc(Br)c(C)c(S(=O)(=O)Cl)c1. The molecule has 0 saturated heterocycles. The summed E-state index contributed by atoms with van der Waals surface area (Å²) in [6.45, 7) is 4.51. The summed E-state index contributed by atoms with van der Waals surface area (Å²) in [7, 11) is 3.06. The number of hydrogen-bond donors (Lipinski definition) is 1. The van der Waals surface area contributed by atoms with Crippen LogP contribution in [-0.4, -0.2) is 34.6 Å². The molecular formula is C13H17BrClNO4S. The van der Waals surface area contributed by atoms with Gasteiger partial charge in [-0.2, -0.15) is 0 Å². The van der Waals surface area contributed by atoms with Gasteiger partial charge in [-0.1, -0.05) is 22.9 Å². The zero-order chi connectivity index (χ0) is 16.2. The third-order valence-corrected chi connectivity index (χ3v) is 5.16. The quantitative estimate of drug-likeness (QED) is 0.748. The van der Waals surface area contributed by atoms with E-state index in [-0.39, 0.29) is 22.3 Å². The Bertz CT molecular complexity index is 633. The van der Waals surface area contributed by atoms with Crippen LogP contribution in [0.4, 0.5) is 0 Å². The molecule has 0 bridgehead atoms. The number of methoxy groups -OCH3 is 1. The average Bonchev–Trinajstić information content (AvgIpc) is 2.38. The fourth-order valence-corrected chi connectivity index (χ4v) is 3.57. The Morgan fingerprint density at radius 1 is 1.48 bits per heavy atom. The van der Waals surface area contributed by atoms with Gasteiger partial charge in [-0.25, -0.2) is 8.42 Å². The third-order valence-electron chi connectivity index (χ3n) is 2.88. The molecule has 0 heterocycles. The van der Waals surface area contributed by atoms with E-state index in [1.54, 1.807) is 20.1 Å². The molecule has 21 heavy (non-hydrogen) atoms. The Hall–Kier alpha value is -0.630. The van der Waals surface area contributed by atoms with Crippen molar-refractivity contribution in [3.05, 3.63) is 27.7 Å². The number of amides is 1. The van der Waals surface area contributed by atoms with E-state index in [0.29, 0.717) is 23.2 Å². The molecule has 0 aromatic heterocycles. The molecule has 0 spiro atoms. The van der Waals surface area contributed by atoms with Gasteiger partial charge >= 0.3 is 0 Å². The highest BCUT2D eigenvalue weighted by Gasteiger charge is 2.19. The largest absolute Gasteiger partial charge is 0.384 e. The van der Waals surface area contributed by atoms with E-state index in [0.717, 1.165) is 0 Å². The van der Waals surface area contributed by atoms with Crippen LogP contribution in [0.15, 0.2) is 21.5 Å². The Labute approximate surface area is 137 Å². The number of ether oxygens (including phenoxy) is 1. The zero-order valence-corrected chi connectivity index (χ0v) is 15.1. The van der Waals surface area contributed by atoms with Crippen LogP contribution in [0.2, 0.25) is 0 Å². The van der Waals surface area contributed by atoms with Crippen LogP contribution in [0.3, 0.4) is 0 Å². The van der Waals surface area contributed by atoms with Crippen LogP contribution < -0.4 is 5.32 Å². The number of benzene rings is 1. The van der Waals surface area contributed by atoms with Crippen molar-refractivity contribution in [2.75, 3.05) is 20.3 Å². The molecule has 118 valence electrons. The number of hydrogen-bond acceptors (Lipinski definition) is 4. The Morgan fingerprint density at radius 2 is 2.10 bits per heavy atom. The molecule has 0 aliphatic carbocycles. The summed E-state index contributed by atoms with van der Waals surface area (Å²) in [6.07, 6.45) is 0. The molecule has 0 radical (unpaired) electrons. The Morgan fingerprint density at radius 3 is 2.62 bits per heavy atom. The minimum atomic E-state index is -3.91. The molecule has 0 aliphatic heterocycles. The van der Waals surface area contributed by atoms with E-state index in [2.05, 4.69) is 21.2 Å². The number of rotatable bonds is 6. The molecule has 1 aromatic carbocycles. The fraction of sp³-hybridized carbons (Fsp3) is 0.462. The van der Waals surface area contributed by atoms with Crippen molar-refractivity contribution < 1.29 is 17.9 Å². The lowest BCUT2D eigenvalue weighted by atomic mass is 10.1. The van der Waals surface area contributed by atoms with Crippen LogP contribution in [-0.2, 0) is 13.8 Å². The number of nitrogens with one attached hydrogen (secondary N) is 1. The van der Waals surface area contributed by atoms with E-state index in [1.807, 2.05) is 6.92 Å². The van der Waals surface area contributed by atoms with Crippen molar-refractivity contribution in [2.24, 2.45) is 5.92 Å². The summed E-state index contributed by atoms with van der Waals surface area (Å²) in [5.74, 6) is -0.204. The first-order chi connectivity index (χ1) is 9.66. The van der Waals surface area contributed by atoms with Gasteiger partial charge < -0.3 is 10.1 Å². The monoisotopic (exact) mass is 397 g/mol. The predicted octanol–water partition coefficient (Wildman–Crippen LogP) is 2.70. The second-order valence-electron chi connectivity index (χ2n) is 4.79. The first-order valence-corrected chi connectivity index (χ1v) is 9.29. The van der Waals surface area contributed by atoms with E-state index in [4.69, 9.17) is 15.4 Å². The van der Waals surface area contributed by atoms with Crippen LogP contribution in [0, 0.1) is 12.8 Å². The second-order valence-corrected chi connectivity index (χ2v) is 8.18. The number of halogens is 2. The van der Waals surface area contributed by atoms with Crippen molar-refractivity contribution in [2.45, 2.75) is 18.7 Å². The average molecular weight is 399 g/mol. The van der Waals surface area contributed by atoms with Gasteiger partial charge in [-0.15, -0.1) is 0 Å². The van der Waals surface area contributed by atoms with Crippen LogP contribution in [0.5, 0.6) is 0 Å². The highest BCUT2D eigenvalue weighted by atomic mass is 79.9. The van der Waals surface area contributed by atoms with Gasteiger partial charge in [0.1, 0.15) is 0 Å². The van der Waals surface area contributed by atoms with E-state index in [9.17, 15) is 13.2 Å². The zero-order valence-electron chi connectivity index (χ0n) is 11.9. The minimum absolute atomic E-state index is 0.0753. The maximum absolute atomic E-state index is 12.1. The van der Waals surface area contributed by atoms with E-state index >= 15 is 0 Å². The molecule has 1 amide bonds. The van der Waals surface area contributed by atoms with Gasteiger partial charge in [0.2, 0.25) is 0 Å². The van der Waals surface area contributed by atoms with E-state index < -0.39 is 9.05 Å². The summed E-state index contributed by atoms with van der Waals surface area (Å²) < 4.78 is 28.6. The highest BCUT2D eigenvalue weighted by molar-refractivity contribution is 9.10. The van der Waals surface area contributed by atoms with Crippen LogP contribution >= 0.6 is 26.6 Å². The topological polar surface area (TPSA) is 72.5 Å². The molecule has 8 heteroatoms. The molecule has 1 aromatic rings. The fourth-order valence-electron chi connectivity index (χ4n) is 1.75. The minimum Gasteiger partial charge on any atom is -0.384 e. The Balaban J connectivity index is 2.99. The van der Waals surface area contributed by atoms with E-state index in [1.165, 1.54) is 6.07 Å². The first kappa shape index (κ1) is 18.4. The molecular weight excluding hydrogens is 382 g/mol. The third kappa shape index (κ3) is 5.25. The van der Waals surface area contributed by atoms with Crippen molar-refractivity contribution in [3.8, 4) is 0 Å². The number of carbonyl (C=O) groups excluding carboxylic acids is 1. The summed E-state index contributed by atoms with van der Waals surface area (Å²) in [5, 5.41) is 2.73. The summed E-state index contributed by atoms with van der Waals surface area (Å²) in [4.78, 5) is 12.0.